The van der Waals surface area contributed by atoms with Gasteiger partial charge in [0, 0.05) is 12.0 Å². The molecule has 0 aromatic heterocycles. The highest BCUT2D eigenvalue weighted by atomic mass is 32.2. The zero-order valence-corrected chi connectivity index (χ0v) is 12.5. The van der Waals surface area contributed by atoms with E-state index in [2.05, 4.69) is 6.92 Å². The fourth-order valence-electron chi connectivity index (χ4n) is 2.64. The van der Waals surface area contributed by atoms with Gasteiger partial charge in [-0.1, -0.05) is 32.6 Å². The Morgan fingerprint density at radius 1 is 1.21 bits per heavy atom. The van der Waals surface area contributed by atoms with Gasteiger partial charge in [0.2, 0.25) is 0 Å². The highest BCUT2D eigenvalue weighted by molar-refractivity contribution is 8.17. The normalized spacial score (nSPS) is 20.3. The summed E-state index contributed by atoms with van der Waals surface area (Å²) in [6.45, 7) is 2.22. The topological polar surface area (TPSA) is 17.1 Å². The Kier molecular flexibility index (Phi) is 5.44. The molecule has 1 nitrogen and oxygen atoms in total. The van der Waals surface area contributed by atoms with Gasteiger partial charge >= 0.3 is 0 Å². The molecule has 0 fully saturated rings. The monoisotopic (exact) mass is 282 g/mol. The molecule has 1 atom stereocenters. The van der Waals surface area contributed by atoms with Crippen LogP contribution < -0.4 is 0 Å². The van der Waals surface area contributed by atoms with Crippen molar-refractivity contribution in [1.82, 2.24) is 0 Å². The molecular formula is C16H23FOS. The Morgan fingerprint density at radius 3 is 2.79 bits per heavy atom. The third-order valence-electron chi connectivity index (χ3n) is 3.74. The Hall–Kier alpha value is -0.830. The lowest BCUT2D eigenvalue weighted by Gasteiger charge is -2.28. The van der Waals surface area contributed by atoms with Gasteiger partial charge in [-0.05, 0) is 41.0 Å². The van der Waals surface area contributed by atoms with Crippen LogP contribution in [0.5, 0.6) is 0 Å². The molecule has 1 aliphatic rings. The van der Waals surface area contributed by atoms with Crippen LogP contribution in [0.15, 0.2) is 23.1 Å². The number of fused-ring (bicyclic) bond motifs is 1. The van der Waals surface area contributed by atoms with Crippen LogP contribution in [0, 0.1) is 5.82 Å². The van der Waals surface area contributed by atoms with Gasteiger partial charge in [0.05, 0.1) is 0 Å². The van der Waals surface area contributed by atoms with Crippen LogP contribution in [0.1, 0.15) is 55.8 Å². The molecule has 1 unspecified atom stereocenters. The zero-order chi connectivity index (χ0) is 13.7. The van der Waals surface area contributed by atoms with E-state index in [0.717, 1.165) is 10.6 Å². The molecule has 2 rings (SSSR count). The Bertz CT molecular complexity index is 444. The van der Waals surface area contributed by atoms with E-state index in [4.69, 9.17) is 0 Å². The largest absolute Gasteiger partial charge is 0.294 e. The standard InChI is InChI=1S/C16H23FOS/c1-2-3-4-5-6-10-19-11-9-15(18)14-12-13(17)7-8-16(14)19/h7-8,12,19H,2-6,9-11H2,1H3. The van der Waals surface area contributed by atoms with Crippen molar-refractivity contribution >= 4 is 16.7 Å². The smallest absolute Gasteiger partial charge is 0.164 e. The molecule has 0 saturated carbocycles. The number of Topliss-reactive ketones (excluding diaryl/α,β-unsaturated/α-hetero) is 1. The van der Waals surface area contributed by atoms with Gasteiger partial charge in [0.25, 0.3) is 0 Å². The SMILES string of the molecule is CCCCCCC[SH]1CCC(=O)c2cc(F)ccc21. The lowest BCUT2D eigenvalue weighted by atomic mass is 10.1. The predicted octanol–water partition coefficient (Wildman–Crippen LogP) is 4.74. The fraction of sp³-hybridized carbons (Fsp3) is 0.562. The molecule has 0 spiro atoms. The summed E-state index contributed by atoms with van der Waals surface area (Å²) in [5.74, 6) is 2.04. The van der Waals surface area contributed by atoms with Crippen LogP contribution >= 0.6 is 10.9 Å². The summed E-state index contributed by atoms with van der Waals surface area (Å²) in [7, 11) is -0.235. The van der Waals surface area contributed by atoms with Crippen molar-refractivity contribution in [3.63, 3.8) is 0 Å². The molecule has 19 heavy (non-hydrogen) atoms. The first-order valence-corrected chi connectivity index (χ1v) is 9.01. The van der Waals surface area contributed by atoms with Crippen LogP contribution in [0.25, 0.3) is 0 Å². The number of hydrogen-bond donors (Lipinski definition) is 1. The Balaban J connectivity index is 1.97. The molecule has 1 aromatic carbocycles. The molecule has 0 saturated heterocycles. The number of benzene rings is 1. The molecule has 1 aromatic rings. The second-order valence-electron chi connectivity index (χ2n) is 5.24. The number of rotatable bonds is 6. The molecule has 0 N–H and O–H groups in total. The van der Waals surface area contributed by atoms with E-state index in [9.17, 15) is 9.18 Å². The first-order chi connectivity index (χ1) is 9.22. The minimum Gasteiger partial charge on any atom is -0.294 e. The van der Waals surface area contributed by atoms with E-state index in [-0.39, 0.29) is 22.5 Å². The van der Waals surface area contributed by atoms with Gasteiger partial charge in [0.15, 0.2) is 5.78 Å². The predicted molar refractivity (Wildman–Crippen MR) is 81.1 cm³/mol. The van der Waals surface area contributed by atoms with E-state index < -0.39 is 0 Å². The number of hydrogen-bond acceptors (Lipinski definition) is 1. The number of carbonyl (C=O) groups is 1. The van der Waals surface area contributed by atoms with Gasteiger partial charge in [-0.2, -0.15) is 0 Å². The highest BCUT2D eigenvalue weighted by Gasteiger charge is 2.23. The maximum Gasteiger partial charge on any atom is 0.164 e. The van der Waals surface area contributed by atoms with Crippen molar-refractivity contribution < 1.29 is 9.18 Å². The first kappa shape index (κ1) is 14.6. The summed E-state index contributed by atoms with van der Waals surface area (Å²) >= 11 is 0. The minimum absolute atomic E-state index is 0.124. The molecular weight excluding hydrogens is 259 g/mol. The van der Waals surface area contributed by atoms with Gasteiger partial charge < -0.3 is 0 Å². The molecule has 1 aliphatic heterocycles. The Morgan fingerprint density at radius 2 is 2.00 bits per heavy atom. The average Bonchev–Trinajstić information content (AvgIpc) is 2.41. The van der Waals surface area contributed by atoms with Gasteiger partial charge in [-0.3, -0.25) is 4.79 Å². The second-order valence-corrected chi connectivity index (χ2v) is 7.69. The van der Waals surface area contributed by atoms with Crippen LogP contribution in [0.4, 0.5) is 4.39 Å². The quantitative estimate of drug-likeness (QED) is 0.589. The molecule has 0 bridgehead atoms. The summed E-state index contributed by atoms with van der Waals surface area (Å²) in [6.07, 6.45) is 7.05. The summed E-state index contributed by atoms with van der Waals surface area (Å²) in [4.78, 5) is 13.0. The van der Waals surface area contributed by atoms with Crippen LogP contribution in [-0.2, 0) is 0 Å². The van der Waals surface area contributed by atoms with Gasteiger partial charge in [-0.25, -0.2) is 15.3 Å². The maximum absolute atomic E-state index is 13.2. The minimum atomic E-state index is -0.285. The number of ketones is 1. The number of carbonyl (C=O) groups excluding carboxylic acids is 1. The summed E-state index contributed by atoms with van der Waals surface area (Å²) < 4.78 is 13.2. The molecule has 1 heterocycles. The van der Waals surface area contributed by atoms with Crippen LogP contribution in [0.3, 0.4) is 0 Å². The van der Waals surface area contributed by atoms with E-state index >= 15 is 0 Å². The fourth-order valence-corrected chi connectivity index (χ4v) is 5.24. The lowest BCUT2D eigenvalue weighted by Crippen LogP contribution is -2.14. The van der Waals surface area contributed by atoms with Crippen molar-refractivity contribution in [1.29, 1.82) is 0 Å². The van der Waals surface area contributed by atoms with E-state index in [1.807, 2.05) is 6.07 Å². The van der Waals surface area contributed by atoms with Gasteiger partial charge in [-0.15, -0.1) is 0 Å². The third-order valence-corrected chi connectivity index (χ3v) is 6.43. The highest BCUT2D eigenvalue weighted by Crippen LogP contribution is 2.44. The summed E-state index contributed by atoms with van der Waals surface area (Å²) in [5, 5.41) is 0. The van der Waals surface area contributed by atoms with Crippen molar-refractivity contribution in [2.45, 2.75) is 50.3 Å². The molecule has 106 valence electrons. The Labute approximate surface area is 117 Å². The van der Waals surface area contributed by atoms with E-state index in [0.29, 0.717) is 12.0 Å². The number of unbranched alkanes of at least 4 members (excludes halogenated alkanes) is 4. The average molecular weight is 282 g/mol. The summed E-state index contributed by atoms with van der Waals surface area (Å²) in [6, 6.07) is 4.78. The van der Waals surface area contributed by atoms with Gasteiger partial charge in [0.1, 0.15) is 5.82 Å². The number of thiol groups is 1. The van der Waals surface area contributed by atoms with Crippen molar-refractivity contribution in [3.8, 4) is 0 Å². The van der Waals surface area contributed by atoms with E-state index in [1.165, 1.54) is 50.0 Å². The molecule has 0 radical (unpaired) electrons. The van der Waals surface area contributed by atoms with Crippen LogP contribution in [-0.4, -0.2) is 17.3 Å². The molecule has 0 amide bonds. The number of halogens is 1. The van der Waals surface area contributed by atoms with Crippen molar-refractivity contribution in [2.75, 3.05) is 11.5 Å². The second kappa shape index (κ2) is 7.09. The summed E-state index contributed by atoms with van der Waals surface area (Å²) in [5.41, 5.74) is 0.658. The van der Waals surface area contributed by atoms with E-state index in [1.54, 1.807) is 0 Å². The first-order valence-electron chi connectivity index (χ1n) is 7.30. The van der Waals surface area contributed by atoms with Crippen molar-refractivity contribution in [2.24, 2.45) is 0 Å². The third kappa shape index (κ3) is 3.82. The molecule has 3 heteroatoms. The maximum atomic E-state index is 13.2. The van der Waals surface area contributed by atoms with Crippen molar-refractivity contribution in [3.05, 3.63) is 29.6 Å². The molecule has 0 aliphatic carbocycles. The lowest BCUT2D eigenvalue weighted by molar-refractivity contribution is 0.0984. The zero-order valence-electron chi connectivity index (χ0n) is 11.6. The van der Waals surface area contributed by atoms with Crippen LogP contribution in [0.2, 0.25) is 0 Å².